The monoisotopic (exact) mass is 170 g/mol. The molecule has 0 radical (unpaired) electrons. The number of rotatable bonds is 1. The van der Waals surface area contributed by atoms with Gasteiger partial charge in [0.2, 0.25) is 0 Å². The van der Waals surface area contributed by atoms with Crippen LogP contribution in [0.1, 0.15) is 25.7 Å². The second-order valence-corrected chi connectivity index (χ2v) is 4.81. The standard InChI is InChI=1S/C9H14OS/c1-11-9-5-6-2-3-7(9)8(10)4-6/h6-7,9H,2-5H2,1H3/t6-,7+,9-/m0/s1. The summed E-state index contributed by atoms with van der Waals surface area (Å²) < 4.78 is 0. The Morgan fingerprint density at radius 2 is 2.27 bits per heavy atom. The maximum Gasteiger partial charge on any atom is 0.137 e. The van der Waals surface area contributed by atoms with Gasteiger partial charge in [0.25, 0.3) is 0 Å². The Bertz CT molecular complexity index is 178. The molecule has 3 aliphatic rings. The van der Waals surface area contributed by atoms with Crippen LogP contribution in [0.5, 0.6) is 0 Å². The minimum absolute atomic E-state index is 0.426. The fourth-order valence-electron chi connectivity index (χ4n) is 2.46. The van der Waals surface area contributed by atoms with Crippen LogP contribution in [0.15, 0.2) is 0 Å². The van der Waals surface area contributed by atoms with E-state index in [1.54, 1.807) is 0 Å². The third kappa shape index (κ3) is 1.22. The van der Waals surface area contributed by atoms with Crippen LogP contribution in [0.3, 0.4) is 0 Å². The van der Waals surface area contributed by atoms with Crippen molar-refractivity contribution < 1.29 is 4.79 Å². The van der Waals surface area contributed by atoms with Crippen molar-refractivity contribution in [3.8, 4) is 0 Å². The van der Waals surface area contributed by atoms with Gasteiger partial charge in [-0.3, -0.25) is 4.79 Å². The zero-order valence-electron chi connectivity index (χ0n) is 6.88. The van der Waals surface area contributed by atoms with E-state index in [1.165, 1.54) is 19.3 Å². The molecule has 0 aliphatic heterocycles. The lowest BCUT2D eigenvalue weighted by Crippen LogP contribution is -2.40. The van der Waals surface area contributed by atoms with E-state index in [-0.39, 0.29) is 0 Å². The first-order valence-electron chi connectivity index (χ1n) is 4.36. The van der Waals surface area contributed by atoms with Gasteiger partial charge in [-0.25, -0.2) is 0 Å². The summed E-state index contributed by atoms with van der Waals surface area (Å²) in [5.41, 5.74) is 0. The van der Waals surface area contributed by atoms with Gasteiger partial charge in [0.15, 0.2) is 0 Å². The molecule has 2 bridgehead atoms. The summed E-state index contributed by atoms with van der Waals surface area (Å²) >= 11 is 1.89. The maximum absolute atomic E-state index is 11.4. The quantitative estimate of drug-likeness (QED) is 0.599. The van der Waals surface area contributed by atoms with Crippen molar-refractivity contribution in [2.45, 2.75) is 30.9 Å². The Morgan fingerprint density at radius 1 is 1.45 bits per heavy atom. The highest BCUT2D eigenvalue weighted by Gasteiger charge is 2.40. The summed E-state index contributed by atoms with van der Waals surface area (Å²) in [6.45, 7) is 0. The summed E-state index contributed by atoms with van der Waals surface area (Å²) in [6.07, 6.45) is 6.82. The van der Waals surface area contributed by atoms with Crippen molar-refractivity contribution in [2.75, 3.05) is 6.26 Å². The van der Waals surface area contributed by atoms with Crippen LogP contribution in [0, 0.1) is 11.8 Å². The highest BCUT2D eigenvalue weighted by atomic mass is 32.2. The van der Waals surface area contributed by atoms with Crippen LogP contribution in [-0.2, 0) is 4.79 Å². The molecule has 3 saturated carbocycles. The molecular weight excluding hydrogens is 156 g/mol. The van der Waals surface area contributed by atoms with Gasteiger partial charge in [-0.15, -0.1) is 0 Å². The molecule has 3 aliphatic carbocycles. The number of fused-ring (bicyclic) bond motifs is 3. The zero-order chi connectivity index (χ0) is 7.84. The van der Waals surface area contributed by atoms with Crippen molar-refractivity contribution in [2.24, 2.45) is 11.8 Å². The SMILES string of the molecule is CS[C@H]1C[C@H]2CC[C@@H]1C(=O)C2. The summed E-state index contributed by atoms with van der Waals surface area (Å²) in [5, 5.41) is 0.662. The van der Waals surface area contributed by atoms with E-state index < -0.39 is 0 Å². The van der Waals surface area contributed by atoms with Crippen molar-refractivity contribution in [1.82, 2.24) is 0 Å². The lowest BCUT2D eigenvalue weighted by Gasteiger charge is -2.40. The maximum atomic E-state index is 11.4. The van der Waals surface area contributed by atoms with Crippen molar-refractivity contribution in [3.05, 3.63) is 0 Å². The molecule has 2 heteroatoms. The van der Waals surface area contributed by atoms with Gasteiger partial charge in [-0.05, 0) is 31.4 Å². The largest absolute Gasteiger partial charge is 0.299 e. The van der Waals surface area contributed by atoms with Crippen molar-refractivity contribution >= 4 is 17.5 Å². The average Bonchev–Trinajstić information content (AvgIpc) is 2.04. The van der Waals surface area contributed by atoms with Crippen LogP contribution in [-0.4, -0.2) is 17.3 Å². The van der Waals surface area contributed by atoms with E-state index in [1.807, 2.05) is 11.8 Å². The van der Waals surface area contributed by atoms with E-state index in [9.17, 15) is 4.79 Å². The first-order chi connectivity index (χ1) is 5.31. The van der Waals surface area contributed by atoms with Crippen LogP contribution >= 0.6 is 11.8 Å². The lowest BCUT2D eigenvalue weighted by atomic mass is 9.70. The number of Topliss-reactive ketones (excluding diaryl/α,β-unsaturated/α-hetero) is 1. The molecule has 3 atom stereocenters. The van der Waals surface area contributed by atoms with Gasteiger partial charge >= 0.3 is 0 Å². The van der Waals surface area contributed by atoms with E-state index in [4.69, 9.17) is 0 Å². The van der Waals surface area contributed by atoms with E-state index in [0.29, 0.717) is 17.0 Å². The molecule has 0 heterocycles. The van der Waals surface area contributed by atoms with Gasteiger partial charge in [0.1, 0.15) is 5.78 Å². The van der Waals surface area contributed by atoms with Gasteiger partial charge in [-0.1, -0.05) is 0 Å². The number of ketones is 1. The molecule has 62 valence electrons. The van der Waals surface area contributed by atoms with E-state index in [0.717, 1.165) is 12.3 Å². The highest BCUT2D eigenvalue weighted by Crippen LogP contribution is 2.43. The van der Waals surface area contributed by atoms with Gasteiger partial charge in [-0.2, -0.15) is 11.8 Å². The zero-order valence-corrected chi connectivity index (χ0v) is 7.69. The topological polar surface area (TPSA) is 17.1 Å². The fraction of sp³-hybridized carbons (Fsp3) is 0.889. The summed E-state index contributed by atoms with van der Waals surface area (Å²) in [7, 11) is 0. The molecule has 0 saturated heterocycles. The smallest absolute Gasteiger partial charge is 0.137 e. The molecule has 3 fully saturated rings. The second-order valence-electron chi connectivity index (χ2n) is 3.73. The number of hydrogen-bond acceptors (Lipinski definition) is 2. The van der Waals surface area contributed by atoms with Gasteiger partial charge < -0.3 is 0 Å². The average molecular weight is 170 g/mol. The predicted octanol–water partition coefficient (Wildman–Crippen LogP) is 2.11. The minimum atomic E-state index is 0.426. The first-order valence-corrected chi connectivity index (χ1v) is 5.65. The molecular formula is C9H14OS. The van der Waals surface area contributed by atoms with Crippen molar-refractivity contribution in [3.63, 3.8) is 0 Å². The molecule has 0 unspecified atom stereocenters. The second kappa shape index (κ2) is 2.81. The van der Waals surface area contributed by atoms with Gasteiger partial charge in [0, 0.05) is 17.6 Å². The molecule has 0 spiro atoms. The Hall–Kier alpha value is 0.0200. The van der Waals surface area contributed by atoms with Crippen molar-refractivity contribution in [1.29, 1.82) is 0 Å². The molecule has 0 N–H and O–H groups in total. The Kier molecular flexibility index (Phi) is 1.96. The Labute approximate surface area is 71.9 Å². The molecule has 11 heavy (non-hydrogen) atoms. The van der Waals surface area contributed by atoms with E-state index in [2.05, 4.69) is 6.26 Å². The minimum Gasteiger partial charge on any atom is -0.299 e. The third-order valence-electron chi connectivity index (χ3n) is 3.11. The first kappa shape index (κ1) is 7.66. The van der Waals surface area contributed by atoms with Crippen LogP contribution in [0.25, 0.3) is 0 Å². The predicted molar refractivity (Wildman–Crippen MR) is 47.8 cm³/mol. The van der Waals surface area contributed by atoms with E-state index >= 15 is 0 Å². The molecule has 1 nitrogen and oxygen atoms in total. The lowest BCUT2D eigenvalue weighted by molar-refractivity contribution is -0.128. The number of thioether (sulfide) groups is 1. The highest BCUT2D eigenvalue weighted by molar-refractivity contribution is 7.99. The molecule has 0 amide bonds. The number of carbonyl (C=O) groups excluding carboxylic acids is 1. The summed E-state index contributed by atoms with van der Waals surface area (Å²) in [6, 6.07) is 0. The summed E-state index contributed by atoms with van der Waals surface area (Å²) in [5.74, 6) is 1.71. The van der Waals surface area contributed by atoms with Crippen LogP contribution in [0.2, 0.25) is 0 Å². The Balaban J connectivity index is 2.13. The molecule has 3 rings (SSSR count). The van der Waals surface area contributed by atoms with Crippen LogP contribution < -0.4 is 0 Å². The fourth-order valence-corrected chi connectivity index (χ4v) is 3.54. The summed E-state index contributed by atoms with van der Waals surface area (Å²) in [4.78, 5) is 11.4. The normalized spacial score (nSPS) is 43.0. The Morgan fingerprint density at radius 3 is 2.73 bits per heavy atom. The molecule has 0 aromatic rings. The van der Waals surface area contributed by atoms with Crippen LogP contribution in [0.4, 0.5) is 0 Å². The molecule has 0 aromatic heterocycles. The number of carbonyl (C=O) groups is 1. The van der Waals surface area contributed by atoms with Gasteiger partial charge in [0.05, 0.1) is 0 Å². The molecule has 0 aromatic carbocycles. The third-order valence-corrected chi connectivity index (χ3v) is 4.23. The number of hydrogen-bond donors (Lipinski definition) is 0.